The quantitative estimate of drug-likeness (QED) is 0.427. The van der Waals surface area contributed by atoms with E-state index in [1.165, 1.54) is 0 Å². The minimum atomic E-state index is -0.579. The third kappa shape index (κ3) is 5.88. The lowest BCUT2D eigenvalue weighted by atomic mass is 10.1. The fourth-order valence-corrected chi connectivity index (χ4v) is 2.84. The number of rotatable bonds is 7. The fourth-order valence-electron chi connectivity index (χ4n) is 2.84. The van der Waals surface area contributed by atoms with E-state index < -0.39 is 5.91 Å². The zero-order valence-electron chi connectivity index (χ0n) is 15.8. The van der Waals surface area contributed by atoms with Gasteiger partial charge in [0, 0.05) is 37.6 Å². The Morgan fingerprint density at radius 2 is 1.55 bits per heavy atom. The highest BCUT2D eigenvalue weighted by Gasteiger charge is 2.15. The number of hydrogen-bond donors (Lipinski definition) is 3. The summed E-state index contributed by atoms with van der Waals surface area (Å²) in [6, 6.07) is 20.0. The molecule has 3 N–H and O–H groups in total. The van der Waals surface area contributed by atoms with Gasteiger partial charge in [0.25, 0.3) is 5.91 Å². The highest BCUT2D eigenvalue weighted by Crippen LogP contribution is 2.12. The molecule has 0 aliphatic carbocycles. The number of nitrogens with one attached hydrogen (secondary N) is 2. The first-order valence-corrected chi connectivity index (χ1v) is 9.14. The van der Waals surface area contributed by atoms with Crippen LogP contribution in [0.3, 0.4) is 0 Å². The van der Waals surface area contributed by atoms with Gasteiger partial charge < -0.3 is 10.2 Å². The number of benzene rings is 2. The van der Waals surface area contributed by atoms with Crippen molar-refractivity contribution in [2.75, 3.05) is 0 Å². The van der Waals surface area contributed by atoms with Crippen LogP contribution in [-0.2, 0) is 19.6 Å². The predicted molar refractivity (Wildman–Crippen MR) is 108 cm³/mol. The Hall–Kier alpha value is -3.71. The Bertz CT molecular complexity index is 931. The van der Waals surface area contributed by atoms with E-state index >= 15 is 0 Å². The van der Waals surface area contributed by atoms with Gasteiger partial charge in [-0.25, -0.2) is 10.3 Å². The van der Waals surface area contributed by atoms with Crippen LogP contribution in [0.25, 0.3) is 0 Å². The highest BCUT2D eigenvalue weighted by atomic mass is 16.5. The second-order valence-corrected chi connectivity index (χ2v) is 6.50. The van der Waals surface area contributed by atoms with Crippen LogP contribution in [0.2, 0.25) is 0 Å². The van der Waals surface area contributed by atoms with Gasteiger partial charge >= 0.3 is 6.03 Å². The lowest BCUT2D eigenvalue weighted by Gasteiger charge is -2.23. The average Bonchev–Trinajstić information content (AvgIpc) is 2.78. The highest BCUT2D eigenvalue weighted by molar-refractivity contribution is 5.93. The Labute approximate surface area is 169 Å². The van der Waals surface area contributed by atoms with Gasteiger partial charge in [-0.2, -0.15) is 0 Å². The smallest absolute Gasteiger partial charge is 0.318 e. The molecular weight excluding hydrogens is 368 g/mol. The number of carbonyl (C=O) groups is 2. The second-order valence-electron chi connectivity index (χ2n) is 6.50. The number of urea groups is 1. The van der Waals surface area contributed by atoms with Gasteiger partial charge in [0.05, 0.1) is 0 Å². The number of carbonyl (C=O) groups excluding carboxylic acids is 2. The van der Waals surface area contributed by atoms with E-state index in [4.69, 9.17) is 5.21 Å². The van der Waals surface area contributed by atoms with Crippen LogP contribution in [0.15, 0.2) is 79.1 Å². The molecule has 0 atom stereocenters. The molecular formula is C22H22N4O3. The molecule has 3 rings (SSSR count). The molecule has 0 aliphatic rings. The fraction of sp³-hybridized carbons (Fsp3) is 0.136. The van der Waals surface area contributed by atoms with E-state index in [0.29, 0.717) is 25.2 Å². The summed E-state index contributed by atoms with van der Waals surface area (Å²) in [5.41, 5.74) is 4.73. The summed E-state index contributed by atoms with van der Waals surface area (Å²) >= 11 is 0. The zero-order valence-corrected chi connectivity index (χ0v) is 15.8. The molecule has 29 heavy (non-hydrogen) atoms. The van der Waals surface area contributed by atoms with Crippen molar-refractivity contribution in [2.45, 2.75) is 19.6 Å². The summed E-state index contributed by atoms with van der Waals surface area (Å²) in [7, 11) is 0. The molecule has 1 heterocycles. The molecule has 3 aromatic rings. The van der Waals surface area contributed by atoms with Crippen molar-refractivity contribution >= 4 is 11.9 Å². The summed E-state index contributed by atoms with van der Waals surface area (Å²) in [5.74, 6) is -0.579. The number of hydroxylamine groups is 1. The Kier molecular flexibility index (Phi) is 6.91. The van der Waals surface area contributed by atoms with E-state index in [1.54, 1.807) is 47.0 Å². The van der Waals surface area contributed by atoms with Gasteiger partial charge in [-0.1, -0.05) is 48.5 Å². The maximum Gasteiger partial charge on any atom is 0.318 e. The molecule has 7 heteroatoms. The van der Waals surface area contributed by atoms with Crippen LogP contribution < -0.4 is 10.8 Å². The lowest BCUT2D eigenvalue weighted by molar-refractivity contribution is 0.0706. The maximum atomic E-state index is 12.8. The third-order valence-corrected chi connectivity index (χ3v) is 4.36. The van der Waals surface area contributed by atoms with Crippen molar-refractivity contribution in [1.29, 1.82) is 0 Å². The topological polar surface area (TPSA) is 94.6 Å². The average molecular weight is 390 g/mol. The van der Waals surface area contributed by atoms with E-state index in [2.05, 4.69) is 10.3 Å². The monoisotopic (exact) mass is 390 g/mol. The first kappa shape index (κ1) is 20.0. The standard InChI is InChI=1S/C22H22N4O3/c27-21(25-29)20-10-8-18(9-11-20)15-26(16-19-7-4-12-23-13-19)22(28)24-14-17-5-2-1-3-6-17/h1-13,29H,14-16H2,(H,24,28)(H,25,27). The number of hydrogen-bond acceptors (Lipinski definition) is 4. The second kappa shape index (κ2) is 10.0. The van der Waals surface area contributed by atoms with Crippen molar-refractivity contribution in [2.24, 2.45) is 0 Å². The van der Waals surface area contributed by atoms with Crippen LogP contribution >= 0.6 is 0 Å². The minimum absolute atomic E-state index is 0.199. The summed E-state index contributed by atoms with van der Waals surface area (Å²) < 4.78 is 0. The van der Waals surface area contributed by atoms with Crippen molar-refractivity contribution in [3.8, 4) is 0 Å². The van der Waals surface area contributed by atoms with Gasteiger partial charge in [0.2, 0.25) is 0 Å². The first-order valence-electron chi connectivity index (χ1n) is 9.14. The van der Waals surface area contributed by atoms with Gasteiger partial charge in [0.1, 0.15) is 0 Å². The van der Waals surface area contributed by atoms with E-state index in [9.17, 15) is 9.59 Å². The largest absolute Gasteiger partial charge is 0.334 e. The van der Waals surface area contributed by atoms with E-state index in [1.807, 2.05) is 42.5 Å². The van der Waals surface area contributed by atoms with Crippen LogP contribution in [0.1, 0.15) is 27.0 Å². The summed E-state index contributed by atoms with van der Waals surface area (Å²) in [6.07, 6.45) is 3.42. The Morgan fingerprint density at radius 1 is 0.862 bits per heavy atom. The first-order chi connectivity index (χ1) is 14.2. The zero-order chi connectivity index (χ0) is 20.5. The van der Waals surface area contributed by atoms with Crippen molar-refractivity contribution in [3.05, 3.63) is 101 Å². The maximum absolute atomic E-state index is 12.8. The number of amides is 3. The van der Waals surface area contributed by atoms with Gasteiger partial charge in [-0.05, 0) is 34.9 Å². The van der Waals surface area contributed by atoms with Crippen molar-refractivity contribution in [1.82, 2.24) is 20.7 Å². The SMILES string of the molecule is O=C(NO)c1ccc(CN(Cc2cccnc2)C(=O)NCc2ccccc2)cc1. The molecule has 0 spiro atoms. The molecule has 0 unspecified atom stereocenters. The van der Waals surface area contributed by atoms with Gasteiger partial charge in [0.15, 0.2) is 0 Å². The number of nitrogens with zero attached hydrogens (tertiary/aromatic N) is 2. The van der Waals surface area contributed by atoms with Crippen LogP contribution in [0.5, 0.6) is 0 Å². The van der Waals surface area contributed by atoms with Gasteiger partial charge in [-0.15, -0.1) is 0 Å². The lowest BCUT2D eigenvalue weighted by Crippen LogP contribution is -2.38. The molecule has 0 saturated carbocycles. The number of aromatic nitrogens is 1. The molecule has 7 nitrogen and oxygen atoms in total. The molecule has 0 bridgehead atoms. The normalized spacial score (nSPS) is 10.2. The van der Waals surface area contributed by atoms with Gasteiger partial charge in [-0.3, -0.25) is 15.0 Å². The predicted octanol–water partition coefficient (Wildman–Crippen LogP) is 3.11. The molecule has 1 aromatic heterocycles. The molecule has 2 aromatic carbocycles. The van der Waals surface area contributed by atoms with Crippen molar-refractivity contribution in [3.63, 3.8) is 0 Å². The summed E-state index contributed by atoms with van der Waals surface area (Å²) in [5, 5.41) is 11.7. The van der Waals surface area contributed by atoms with E-state index in [-0.39, 0.29) is 6.03 Å². The molecule has 3 amide bonds. The third-order valence-electron chi connectivity index (χ3n) is 4.36. The molecule has 0 aliphatic heterocycles. The van der Waals surface area contributed by atoms with E-state index in [0.717, 1.165) is 16.7 Å². The summed E-state index contributed by atoms with van der Waals surface area (Å²) in [4.78, 5) is 30.1. The molecule has 0 radical (unpaired) electrons. The minimum Gasteiger partial charge on any atom is -0.334 e. The Morgan fingerprint density at radius 3 is 2.21 bits per heavy atom. The van der Waals surface area contributed by atoms with Crippen LogP contribution in [0.4, 0.5) is 4.79 Å². The van der Waals surface area contributed by atoms with Crippen LogP contribution in [-0.4, -0.2) is 27.0 Å². The Balaban J connectivity index is 1.71. The number of pyridine rings is 1. The van der Waals surface area contributed by atoms with Crippen molar-refractivity contribution < 1.29 is 14.8 Å². The summed E-state index contributed by atoms with van der Waals surface area (Å²) in [6.45, 7) is 1.18. The molecule has 0 saturated heterocycles. The molecule has 148 valence electrons. The molecule has 0 fully saturated rings. The van der Waals surface area contributed by atoms with Crippen LogP contribution in [0, 0.1) is 0 Å².